The van der Waals surface area contributed by atoms with E-state index in [2.05, 4.69) is 66.2 Å². The van der Waals surface area contributed by atoms with Crippen molar-refractivity contribution in [3.63, 3.8) is 0 Å². The maximum Gasteiger partial charge on any atom is 0.00462 e. The number of rotatable bonds is 2. The van der Waals surface area contributed by atoms with Crippen molar-refractivity contribution in [1.82, 2.24) is 5.32 Å². The molecule has 1 N–H and O–H groups in total. The average Bonchev–Trinajstić information content (AvgIpc) is 2.49. The summed E-state index contributed by atoms with van der Waals surface area (Å²) in [5.41, 5.74) is 5.23. The molecule has 3 rings (SSSR count). The molecule has 2 aromatic rings. The maximum atomic E-state index is 3.26. The monoisotopic (exact) mass is 233 g/mol. The van der Waals surface area contributed by atoms with Crippen LogP contribution in [0.4, 0.5) is 0 Å². The van der Waals surface area contributed by atoms with Gasteiger partial charge in [0, 0.05) is 18.8 Å². The molecule has 0 saturated heterocycles. The van der Waals surface area contributed by atoms with Crippen LogP contribution >= 0.6 is 0 Å². The molecule has 0 radical (unpaired) electrons. The average molecular weight is 233 g/mol. The largest absolute Gasteiger partial charge is 0.367 e. The van der Waals surface area contributed by atoms with Crippen molar-refractivity contribution in [2.75, 3.05) is 0 Å². The van der Waals surface area contributed by atoms with Gasteiger partial charge in [0.05, 0.1) is 0 Å². The predicted molar refractivity (Wildman–Crippen MR) is 76.6 cm³/mol. The molecule has 0 aliphatic carbocycles. The fraction of sp³-hybridized carbons (Fsp3) is 0.0588. The molecule has 0 aromatic heterocycles. The Morgan fingerprint density at radius 2 is 1.06 bits per heavy atom. The van der Waals surface area contributed by atoms with E-state index in [-0.39, 0.29) is 0 Å². The third-order valence-corrected chi connectivity index (χ3v) is 3.19. The van der Waals surface area contributed by atoms with Gasteiger partial charge >= 0.3 is 0 Å². The third kappa shape index (κ3) is 2.21. The lowest BCUT2D eigenvalue weighted by atomic mass is 9.93. The van der Waals surface area contributed by atoms with Gasteiger partial charge in [-0.1, -0.05) is 60.7 Å². The SMILES string of the molecule is C1=C(c2ccccc2)CC(c2ccccc2)=CN1. The first-order valence-corrected chi connectivity index (χ1v) is 6.18. The second-order valence-electron chi connectivity index (χ2n) is 4.41. The molecule has 1 aliphatic rings. The van der Waals surface area contributed by atoms with Crippen LogP contribution in [0.15, 0.2) is 73.1 Å². The van der Waals surface area contributed by atoms with Gasteiger partial charge in [-0.2, -0.15) is 0 Å². The molecule has 18 heavy (non-hydrogen) atoms. The van der Waals surface area contributed by atoms with Gasteiger partial charge in [0.15, 0.2) is 0 Å². The molecule has 0 unspecified atom stereocenters. The summed E-state index contributed by atoms with van der Waals surface area (Å²) < 4.78 is 0. The molecule has 88 valence electrons. The normalized spacial score (nSPS) is 14.4. The van der Waals surface area contributed by atoms with Crippen molar-refractivity contribution in [2.45, 2.75) is 6.42 Å². The summed E-state index contributed by atoms with van der Waals surface area (Å²) in [6, 6.07) is 21.0. The lowest BCUT2D eigenvalue weighted by Crippen LogP contribution is -2.05. The van der Waals surface area contributed by atoms with E-state index in [1.165, 1.54) is 22.3 Å². The summed E-state index contributed by atoms with van der Waals surface area (Å²) in [6.45, 7) is 0. The summed E-state index contributed by atoms with van der Waals surface area (Å²) in [5, 5.41) is 3.26. The highest BCUT2D eigenvalue weighted by Gasteiger charge is 2.10. The van der Waals surface area contributed by atoms with Crippen molar-refractivity contribution in [1.29, 1.82) is 0 Å². The van der Waals surface area contributed by atoms with Crippen LogP contribution in [-0.2, 0) is 0 Å². The van der Waals surface area contributed by atoms with E-state index < -0.39 is 0 Å². The van der Waals surface area contributed by atoms with Gasteiger partial charge in [-0.25, -0.2) is 0 Å². The van der Waals surface area contributed by atoms with Gasteiger partial charge in [-0.3, -0.25) is 0 Å². The van der Waals surface area contributed by atoms with E-state index in [1.807, 2.05) is 12.1 Å². The number of nitrogens with one attached hydrogen (secondary N) is 1. The van der Waals surface area contributed by atoms with Crippen molar-refractivity contribution >= 4 is 11.1 Å². The molecular weight excluding hydrogens is 218 g/mol. The summed E-state index contributed by atoms with van der Waals surface area (Å²) in [7, 11) is 0. The fourth-order valence-corrected chi connectivity index (χ4v) is 2.23. The molecule has 1 heteroatoms. The molecule has 0 saturated carbocycles. The smallest absolute Gasteiger partial charge is 0.00462 e. The Morgan fingerprint density at radius 3 is 1.50 bits per heavy atom. The molecule has 0 atom stereocenters. The van der Waals surface area contributed by atoms with E-state index >= 15 is 0 Å². The van der Waals surface area contributed by atoms with Gasteiger partial charge < -0.3 is 5.32 Å². The molecule has 0 fully saturated rings. The molecule has 1 nitrogen and oxygen atoms in total. The Labute approximate surface area is 107 Å². The van der Waals surface area contributed by atoms with Gasteiger partial charge in [-0.05, 0) is 22.3 Å². The Morgan fingerprint density at radius 1 is 0.611 bits per heavy atom. The van der Waals surface area contributed by atoms with Gasteiger partial charge in [0.2, 0.25) is 0 Å². The molecule has 0 bridgehead atoms. The lowest BCUT2D eigenvalue weighted by molar-refractivity contribution is 1.13. The van der Waals surface area contributed by atoms with Crippen LogP contribution in [0, 0.1) is 0 Å². The van der Waals surface area contributed by atoms with E-state index in [4.69, 9.17) is 0 Å². The number of hydrogen-bond acceptors (Lipinski definition) is 1. The molecule has 1 aliphatic heterocycles. The second kappa shape index (κ2) is 4.92. The first kappa shape index (κ1) is 10.8. The molecular formula is C17H15N. The zero-order valence-corrected chi connectivity index (χ0v) is 10.1. The highest BCUT2D eigenvalue weighted by molar-refractivity contribution is 5.81. The summed E-state index contributed by atoms with van der Waals surface area (Å²) >= 11 is 0. The van der Waals surface area contributed by atoms with Crippen LogP contribution < -0.4 is 5.32 Å². The third-order valence-electron chi connectivity index (χ3n) is 3.19. The highest BCUT2D eigenvalue weighted by atomic mass is 14.8. The van der Waals surface area contributed by atoms with Gasteiger partial charge in [-0.15, -0.1) is 0 Å². The molecule has 2 aromatic carbocycles. The highest BCUT2D eigenvalue weighted by Crippen LogP contribution is 2.29. The first-order chi connectivity index (χ1) is 8.93. The maximum absolute atomic E-state index is 3.26. The first-order valence-electron chi connectivity index (χ1n) is 6.18. The standard InChI is InChI=1S/C17H15N/c1-3-7-14(8-4-1)16-11-17(13-18-12-16)15-9-5-2-6-10-15/h1-10,12-13,18H,11H2. The van der Waals surface area contributed by atoms with Crippen LogP contribution in [-0.4, -0.2) is 0 Å². The number of hydrogen-bond donors (Lipinski definition) is 1. The zero-order chi connectivity index (χ0) is 12.2. The summed E-state index contributed by atoms with van der Waals surface area (Å²) in [4.78, 5) is 0. The van der Waals surface area contributed by atoms with Crippen LogP contribution in [0.3, 0.4) is 0 Å². The minimum absolute atomic E-state index is 0.973. The Kier molecular flexibility index (Phi) is 2.97. The van der Waals surface area contributed by atoms with E-state index in [0.29, 0.717) is 0 Å². The predicted octanol–water partition coefficient (Wildman–Crippen LogP) is 4.06. The van der Waals surface area contributed by atoms with E-state index in [9.17, 15) is 0 Å². The minimum atomic E-state index is 0.973. The van der Waals surface area contributed by atoms with Crippen molar-refractivity contribution < 1.29 is 0 Å². The minimum Gasteiger partial charge on any atom is -0.367 e. The summed E-state index contributed by atoms with van der Waals surface area (Å²) in [6.07, 6.45) is 5.14. The second-order valence-corrected chi connectivity index (χ2v) is 4.41. The number of allylic oxidation sites excluding steroid dienone is 2. The molecule has 1 heterocycles. The van der Waals surface area contributed by atoms with Crippen molar-refractivity contribution in [3.8, 4) is 0 Å². The van der Waals surface area contributed by atoms with Crippen LogP contribution in [0.2, 0.25) is 0 Å². The van der Waals surface area contributed by atoms with Gasteiger partial charge in [0.25, 0.3) is 0 Å². The molecule has 0 amide bonds. The Bertz CT molecular complexity index is 526. The lowest BCUT2D eigenvalue weighted by Gasteiger charge is -2.16. The summed E-state index contributed by atoms with van der Waals surface area (Å²) in [5.74, 6) is 0. The van der Waals surface area contributed by atoms with E-state index in [0.717, 1.165) is 6.42 Å². The zero-order valence-electron chi connectivity index (χ0n) is 10.1. The quantitative estimate of drug-likeness (QED) is 0.824. The molecule has 0 spiro atoms. The van der Waals surface area contributed by atoms with Crippen molar-refractivity contribution in [2.24, 2.45) is 0 Å². The Balaban J connectivity index is 1.85. The van der Waals surface area contributed by atoms with E-state index in [1.54, 1.807) is 0 Å². The van der Waals surface area contributed by atoms with Crippen LogP contribution in [0.25, 0.3) is 11.1 Å². The van der Waals surface area contributed by atoms with Crippen LogP contribution in [0.1, 0.15) is 17.5 Å². The Hall–Kier alpha value is -2.28. The van der Waals surface area contributed by atoms with Crippen LogP contribution in [0.5, 0.6) is 0 Å². The number of dihydropyridines is 1. The van der Waals surface area contributed by atoms with Crippen molar-refractivity contribution in [3.05, 3.63) is 84.2 Å². The number of benzene rings is 2. The van der Waals surface area contributed by atoms with Gasteiger partial charge in [0.1, 0.15) is 0 Å². The fourth-order valence-electron chi connectivity index (χ4n) is 2.23. The topological polar surface area (TPSA) is 12.0 Å².